The van der Waals surface area contributed by atoms with Crippen molar-refractivity contribution < 1.29 is 65.0 Å². The van der Waals surface area contributed by atoms with Crippen molar-refractivity contribution in [1.29, 1.82) is 0 Å². The number of hydrogen-bond acceptors (Lipinski definition) is 7. The van der Waals surface area contributed by atoms with Crippen molar-refractivity contribution in [2.45, 2.75) is 12.4 Å². The van der Waals surface area contributed by atoms with Crippen molar-refractivity contribution in [1.82, 2.24) is 10.6 Å². The molecule has 1 unspecified atom stereocenters. The molecule has 0 aliphatic heterocycles. The normalized spacial score (nSPS) is 11.0. The Morgan fingerprint density at radius 3 is 1.96 bits per heavy atom. The zero-order valence-corrected chi connectivity index (χ0v) is 14.6. The van der Waals surface area contributed by atoms with E-state index in [0.29, 0.717) is 0 Å². The van der Waals surface area contributed by atoms with E-state index in [0.717, 1.165) is 0 Å². The number of hydrogen-bond donors (Lipinski definition) is 6. The van der Waals surface area contributed by atoms with Gasteiger partial charge in [0.15, 0.2) is 18.1 Å². The monoisotopic (exact) mass is 337 g/mol. The van der Waals surface area contributed by atoms with Crippen molar-refractivity contribution in [3.63, 3.8) is 0 Å². The number of aliphatic hydroxyl groups excluding tert-OH is 3. The maximum absolute atomic E-state index is 11.8. The first kappa shape index (κ1) is 24.2. The number of rotatable bonds is 7. The van der Waals surface area contributed by atoms with Crippen LogP contribution in [0.1, 0.15) is 20.7 Å². The average molecular weight is 337 g/mol. The third-order valence-electron chi connectivity index (χ3n) is 2.47. The minimum absolute atomic E-state index is 0. The van der Waals surface area contributed by atoms with Gasteiger partial charge in [0.2, 0.25) is 0 Å². The van der Waals surface area contributed by atoms with Crippen LogP contribution < -0.4 is 40.2 Å². The summed E-state index contributed by atoms with van der Waals surface area (Å²) >= 11 is 0. The van der Waals surface area contributed by atoms with Gasteiger partial charge < -0.3 is 36.5 Å². The topological polar surface area (TPSA) is 169 Å². The fraction of sp³-hybridized carbons (Fsp3) is 0.385. The Labute approximate surface area is 154 Å². The van der Waals surface area contributed by atoms with Crippen molar-refractivity contribution in [3.05, 3.63) is 35.4 Å². The molecule has 0 radical (unpaired) electrons. The van der Waals surface area contributed by atoms with Gasteiger partial charge in [-0.1, -0.05) is 11.1 Å². The Kier molecular flexibility index (Phi) is 13.0. The molecule has 1 aromatic rings. The maximum Gasteiger partial charge on any atom is 1.00 e. The Morgan fingerprint density at radius 1 is 1.04 bits per heavy atom. The summed E-state index contributed by atoms with van der Waals surface area (Å²) in [6, 6.07) is 6.63. The molecule has 9 nitrogen and oxygen atoms in total. The van der Waals surface area contributed by atoms with Crippen LogP contribution >= 0.6 is 0 Å². The molecule has 0 aromatic heterocycles. The molecule has 1 atom stereocenters. The van der Waals surface area contributed by atoms with Gasteiger partial charge >= 0.3 is 29.6 Å². The molecule has 124 valence electrons. The van der Waals surface area contributed by atoms with Crippen LogP contribution in [0.4, 0.5) is 0 Å². The third kappa shape index (κ3) is 8.98. The fourth-order valence-corrected chi connectivity index (χ4v) is 1.40. The summed E-state index contributed by atoms with van der Waals surface area (Å²) in [5.41, 5.74) is 0.281. The molecule has 1 rings (SSSR count). The van der Waals surface area contributed by atoms with E-state index in [9.17, 15) is 9.59 Å². The molecule has 0 saturated heterocycles. The maximum atomic E-state index is 11.8. The van der Waals surface area contributed by atoms with Crippen molar-refractivity contribution in [3.8, 4) is 0 Å². The van der Waals surface area contributed by atoms with Crippen LogP contribution in [0, 0.1) is 6.07 Å². The van der Waals surface area contributed by atoms with E-state index >= 15 is 0 Å². The molecular weight excluding hydrogens is 319 g/mol. The minimum atomic E-state index is -1.66. The van der Waals surface area contributed by atoms with Crippen LogP contribution in [0.15, 0.2) is 18.2 Å². The largest absolute Gasteiger partial charge is 1.00 e. The number of carbonyl (C=O) groups is 2. The number of amides is 2. The van der Waals surface area contributed by atoms with E-state index < -0.39 is 30.8 Å². The van der Waals surface area contributed by atoms with Crippen LogP contribution in [0.2, 0.25) is 0 Å². The van der Waals surface area contributed by atoms with Gasteiger partial charge in [0, 0.05) is 6.54 Å². The van der Waals surface area contributed by atoms with Crippen LogP contribution in [0.25, 0.3) is 0 Å². The van der Waals surface area contributed by atoms with Crippen LogP contribution in [0.3, 0.4) is 0 Å². The Bertz CT molecular complexity index is 499. The van der Waals surface area contributed by atoms with E-state index in [1.54, 1.807) is 0 Å². The van der Waals surface area contributed by atoms with Gasteiger partial charge in [0.1, 0.15) is 0 Å². The predicted octanol–water partition coefficient (Wildman–Crippen LogP) is -5.56. The summed E-state index contributed by atoms with van der Waals surface area (Å²) in [6.07, 6.45) is -2.72. The summed E-state index contributed by atoms with van der Waals surface area (Å²) in [5, 5.41) is 39.7. The third-order valence-corrected chi connectivity index (χ3v) is 2.47. The summed E-state index contributed by atoms with van der Waals surface area (Å²) in [4.78, 5) is 23.4. The quantitative estimate of drug-likeness (QED) is 0.164. The first-order valence-corrected chi connectivity index (χ1v) is 6.16. The van der Waals surface area contributed by atoms with Crippen molar-refractivity contribution >= 4 is 11.8 Å². The summed E-state index contributed by atoms with van der Waals surface area (Å²) in [5.74, 6) is -1.11. The van der Waals surface area contributed by atoms with E-state index in [1.807, 2.05) is 0 Å². The minimum Gasteiger partial charge on any atom is -0.870 e. The molecule has 0 aliphatic rings. The van der Waals surface area contributed by atoms with Gasteiger partial charge in [0.25, 0.3) is 0 Å². The van der Waals surface area contributed by atoms with Gasteiger partial charge in [-0.25, -0.2) is 0 Å². The number of nitrogens with one attached hydrogen (secondary N) is 2. The van der Waals surface area contributed by atoms with Crippen LogP contribution in [0.5, 0.6) is 0 Å². The zero-order valence-electron chi connectivity index (χ0n) is 12.6. The molecule has 0 aliphatic carbocycles. The van der Waals surface area contributed by atoms with E-state index in [2.05, 4.69) is 16.7 Å². The number of carbonyl (C=O) groups excluding carboxylic acids is 2. The molecular formula is C13H18N2NaO7-. The van der Waals surface area contributed by atoms with Crippen molar-refractivity contribution in [2.24, 2.45) is 0 Å². The second-order valence-electron chi connectivity index (χ2n) is 4.25. The molecule has 2 amide bonds. The van der Waals surface area contributed by atoms with E-state index in [1.165, 1.54) is 18.2 Å². The predicted molar refractivity (Wildman–Crippen MR) is 73.2 cm³/mol. The first-order valence-electron chi connectivity index (χ1n) is 6.16. The molecule has 23 heavy (non-hydrogen) atoms. The number of benzene rings is 1. The van der Waals surface area contributed by atoms with Gasteiger partial charge in [-0.05, 0) is 0 Å². The molecule has 0 heterocycles. The molecule has 0 saturated carbocycles. The van der Waals surface area contributed by atoms with Crippen molar-refractivity contribution in [2.75, 3.05) is 19.7 Å². The molecule has 0 spiro atoms. The Hall–Kier alpha value is -1.04. The molecule has 0 bridgehead atoms. The summed E-state index contributed by atoms with van der Waals surface area (Å²) < 4.78 is 0. The van der Waals surface area contributed by atoms with E-state index in [-0.39, 0.29) is 59.2 Å². The zero-order chi connectivity index (χ0) is 15.8. The van der Waals surface area contributed by atoms with Crippen LogP contribution in [-0.2, 0) is 0 Å². The standard InChI is InChI=1S/C13H17N2O6.Na.H2O/c16-7-10(17)5-14-12(20)8-2-1-3-9(4-8)13(21)15-6-11(18)19;;/h2-4,10-11,16-19H,5-7H2,(H,14,20)(H,15,21);;1H2/q-1;+1;/p-1. The SMILES string of the molecule is O=C(NCC(O)O)c1c[c-]cc(C(=O)NCC(O)CO)c1.[Na+].[OH-]. The second kappa shape index (κ2) is 12.4. The average Bonchev–Trinajstić information content (AvgIpc) is 2.49. The summed E-state index contributed by atoms with van der Waals surface area (Å²) in [7, 11) is 0. The van der Waals surface area contributed by atoms with Gasteiger partial charge in [-0.3, -0.25) is 9.59 Å². The molecule has 7 N–H and O–H groups in total. The molecule has 0 fully saturated rings. The second-order valence-corrected chi connectivity index (χ2v) is 4.25. The first-order chi connectivity index (χ1) is 9.93. The fourth-order valence-electron chi connectivity index (χ4n) is 1.40. The van der Waals surface area contributed by atoms with E-state index in [4.69, 9.17) is 20.4 Å². The Balaban J connectivity index is 0. The Morgan fingerprint density at radius 2 is 1.52 bits per heavy atom. The smallest absolute Gasteiger partial charge is 0.870 e. The van der Waals surface area contributed by atoms with Gasteiger partial charge in [-0.2, -0.15) is 18.2 Å². The summed E-state index contributed by atoms with van der Waals surface area (Å²) in [6.45, 7) is -0.932. The van der Waals surface area contributed by atoms with Gasteiger partial charge in [-0.15, -0.1) is 6.07 Å². The molecule has 1 aromatic carbocycles. The van der Waals surface area contributed by atoms with Gasteiger partial charge in [0.05, 0.1) is 19.3 Å². The number of aliphatic hydroxyl groups is 4. The molecule has 10 heteroatoms. The van der Waals surface area contributed by atoms with Crippen LogP contribution in [-0.4, -0.2) is 69.8 Å².